The highest BCUT2D eigenvalue weighted by Gasteiger charge is 2.81. The van der Waals surface area contributed by atoms with Crippen LogP contribution in [0.1, 0.15) is 53.9 Å². The van der Waals surface area contributed by atoms with Crippen LogP contribution in [0.15, 0.2) is 12.7 Å². The number of hydrogen-bond donors (Lipinski definition) is 3. The van der Waals surface area contributed by atoms with Gasteiger partial charge in [-0.2, -0.15) is 0 Å². The average molecular weight is 396 g/mol. The zero-order valence-corrected chi connectivity index (χ0v) is 17.3. The van der Waals surface area contributed by atoms with Crippen LogP contribution in [0.4, 0.5) is 0 Å². The number of rotatable bonds is 3. The molecule has 0 spiro atoms. The van der Waals surface area contributed by atoms with Crippen LogP contribution in [-0.2, 0) is 19.1 Å². The van der Waals surface area contributed by atoms with Crippen LogP contribution in [-0.4, -0.2) is 62.7 Å². The molecule has 0 amide bonds. The van der Waals surface area contributed by atoms with Gasteiger partial charge in [0.2, 0.25) is 0 Å². The lowest BCUT2D eigenvalue weighted by atomic mass is 9.40. The van der Waals surface area contributed by atoms with Gasteiger partial charge in [-0.25, -0.2) is 0 Å². The fourth-order valence-electron chi connectivity index (χ4n) is 6.57. The molecule has 1 saturated heterocycles. The van der Waals surface area contributed by atoms with Gasteiger partial charge in [0.05, 0.1) is 17.8 Å². The fraction of sp³-hybridized carbons (Fsp3) is 0.810. The summed E-state index contributed by atoms with van der Waals surface area (Å²) in [5.41, 5.74) is -6.97. The van der Waals surface area contributed by atoms with Crippen LogP contribution in [0.5, 0.6) is 0 Å². The Balaban J connectivity index is 2.32. The second kappa shape index (κ2) is 6.11. The Hall–Kier alpha value is -1.28. The van der Waals surface area contributed by atoms with Crippen LogP contribution in [0.3, 0.4) is 0 Å². The first-order valence-corrected chi connectivity index (χ1v) is 9.80. The van der Waals surface area contributed by atoms with E-state index in [9.17, 15) is 24.9 Å². The number of aliphatic hydroxyl groups is 3. The molecule has 2 saturated carbocycles. The van der Waals surface area contributed by atoms with E-state index in [0.29, 0.717) is 12.8 Å². The zero-order chi connectivity index (χ0) is 21.3. The highest BCUT2D eigenvalue weighted by atomic mass is 16.6. The van der Waals surface area contributed by atoms with E-state index in [4.69, 9.17) is 9.47 Å². The summed E-state index contributed by atoms with van der Waals surface area (Å²) < 4.78 is 11.5. The lowest BCUT2D eigenvalue weighted by Crippen LogP contribution is -2.86. The van der Waals surface area contributed by atoms with Crippen molar-refractivity contribution in [1.82, 2.24) is 0 Å². The summed E-state index contributed by atoms with van der Waals surface area (Å²) in [5.74, 6) is -1.22. The summed E-state index contributed by atoms with van der Waals surface area (Å²) in [6.45, 7) is 12.5. The van der Waals surface area contributed by atoms with Crippen molar-refractivity contribution in [3.05, 3.63) is 12.7 Å². The number of carbonyl (C=O) groups is 2. The highest BCUT2D eigenvalue weighted by molar-refractivity contribution is 5.92. The van der Waals surface area contributed by atoms with Gasteiger partial charge in [0.15, 0.2) is 17.5 Å². The quantitative estimate of drug-likeness (QED) is 0.484. The monoisotopic (exact) mass is 396 g/mol. The second-order valence-corrected chi connectivity index (χ2v) is 9.98. The van der Waals surface area contributed by atoms with Crippen molar-refractivity contribution < 1.29 is 34.4 Å². The Labute approximate surface area is 165 Å². The summed E-state index contributed by atoms with van der Waals surface area (Å²) in [6.07, 6.45) is -1.28. The van der Waals surface area contributed by atoms with E-state index < -0.39 is 57.6 Å². The topological polar surface area (TPSA) is 113 Å². The first kappa shape index (κ1) is 21.4. The van der Waals surface area contributed by atoms with Gasteiger partial charge in [0.25, 0.3) is 6.47 Å². The van der Waals surface area contributed by atoms with E-state index in [2.05, 4.69) is 6.58 Å². The number of hydrogen-bond acceptors (Lipinski definition) is 7. The van der Waals surface area contributed by atoms with Gasteiger partial charge in [-0.1, -0.05) is 26.8 Å². The zero-order valence-electron chi connectivity index (χ0n) is 17.3. The van der Waals surface area contributed by atoms with Crippen molar-refractivity contribution >= 4 is 12.3 Å². The minimum absolute atomic E-state index is 0.137. The number of carbonyl (C=O) groups excluding carboxylic acids is 2. The molecule has 0 radical (unpaired) electrons. The van der Waals surface area contributed by atoms with E-state index in [1.54, 1.807) is 13.8 Å². The first-order chi connectivity index (χ1) is 12.7. The second-order valence-electron chi connectivity index (χ2n) is 9.98. The molecule has 7 nitrogen and oxygen atoms in total. The Bertz CT molecular complexity index is 705. The Morgan fingerprint density at radius 1 is 1.21 bits per heavy atom. The molecule has 1 heterocycles. The molecule has 28 heavy (non-hydrogen) atoms. The van der Waals surface area contributed by atoms with Gasteiger partial charge in [0.1, 0.15) is 5.60 Å². The molecule has 2 aliphatic carbocycles. The van der Waals surface area contributed by atoms with E-state index in [-0.39, 0.29) is 12.9 Å². The fourth-order valence-corrected chi connectivity index (χ4v) is 6.57. The molecule has 1 aliphatic heterocycles. The molecule has 3 rings (SSSR count). The molecule has 0 aromatic carbocycles. The summed E-state index contributed by atoms with van der Waals surface area (Å²) in [7, 11) is 0. The third-order valence-electron chi connectivity index (χ3n) is 7.93. The highest BCUT2D eigenvalue weighted by Crippen LogP contribution is 2.66. The van der Waals surface area contributed by atoms with Gasteiger partial charge >= 0.3 is 0 Å². The number of ketones is 1. The van der Waals surface area contributed by atoms with E-state index in [1.165, 1.54) is 13.0 Å². The molecular weight excluding hydrogens is 364 g/mol. The van der Waals surface area contributed by atoms with Gasteiger partial charge < -0.3 is 24.8 Å². The molecule has 0 bridgehead atoms. The number of Topliss-reactive ketones (excluding diaryl/α,β-unsaturated/α-hetero) is 1. The molecule has 3 fully saturated rings. The minimum Gasteiger partial charge on any atom is -0.459 e. The lowest BCUT2D eigenvalue weighted by Gasteiger charge is -2.71. The molecule has 3 unspecified atom stereocenters. The smallest absolute Gasteiger partial charge is 0.293 e. The van der Waals surface area contributed by atoms with E-state index in [0.717, 1.165) is 0 Å². The van der Waals surface area contributed by atoms with Crippen LogP contribution in [0.2, 0.25) is 0 Å². The maximum absolute atomic E-state index is 13.5. The molecule has 158 valence electrons. The predicted molar refractivity (Wildman–Crippen MR) is 100 cm³/mol. The number of fused-ring (bicyclic) bond motifs is 3. The summed E-state index contributed by atoms with van der Waals surface area (Å²) in [4.78, 5) is 24.8. The molecule has 8 atom stereocenters. The third-order valence-corrected chi connectivity index (χ3v) is 7.93. The molecule has 3 N–H and O–H groups in total. The van der Waals surface area contributed by atoms with Gasteiger partial charge in [-0.3, -0.25) is 9.59 Å². The molecule has 0 aromatic heterocycles. The Kier molecular flexibility index (Phi) is 4.68. The predicted octanol–water partition coefficient (Wildman–Crippen LogP) is 1.13. The van der Waals surface area contributed by atoms with Crippen LogP contribution in [0.25, 0.3) is 0 Å². The minimum atomic E-state index is -2.17. The van der Waals surface area contributed by atoms with E-state index in [1.807, 2.05) is 13.8 Å². The van der Waals surface area contributed by atoms with Crippen molar-refractivity contribution in [3.8, 4) is 0 Å². The van der Waals surface area contributed by atoms with Crippen LogP contribution in [0, 0.1) is 16.7 Å². The van der Waals surface area contributed by atoms with Crippen LogP contribution >= 0.6 is 0 Å². The molecule has 7 heteroatoms. The Morgan fingerprint density at radius 3 is 2.36 bits per heavy atom. The van der Waals surface area contributed by atoms with Crippen molar-refractivity contribution in [2.45, 2.75) is 89.0 Å². The first-order valence-electron chi connectivity index (χ1n) is 9.80. The summed E-state index contributed by atoms with van der Waals surface area (Å²) >= 11 is 0. The van der Waals surface area contributed by atoms with Crippen LogP contribution < -0.4 is 0 Å². The van der Waals surface area contributed by atoms with Gasteiger partial charge in [-0.05, 0) is 32.1 Å². The van der Waals surface area contributed by atoms with E-state index >= 15 is 0 Å². The lowest BCUT2D eigenvalue weighted by molar-refractivity contribution is -0.369. The van der Waals surface area contributed by atoms with Crippen molar-refractivity contribution in [2.24, 2.45) is 16.7 Å². The largest absolute Gasteiger partial charge is 0.459 e. The third kappa shape index (κ3) is 2.30. The Morgan fingerprint density at radius 2 is 1.82 bits per heavy atom. The summed E-state index contributed by atoms with van der Waals surface area (Å²) in [5, 5.41) is 34.4. The summed E-state index contributed by atoms with van der Waals surface area (Å²) in [6, 6.07) is 0. The van der Waals surface area contributed by atoms with Gasteiger partial charge in [0, 0.05) is 17.8 Å². The van der Waals surface area contributed by atoms with Gasteiger partial charge in [-0.15, -0.1) is 6.58 Å². The normalized spacial score (nSPS) is 52.9. The molecular formula is C21H32O7. The SMILES string of the molecule is C=C[C@@]1(C)CC(=O)[C@]2(O)C3(C)[C@@H](O)CCC(C)(C)[C@@H]3C(O)C(OC=O)[C@@]2(C)O1. The number of aliphatic hydroxyl groups excluding tert-OH is 2. The average Bonchev–Trinajstić information content (AvgIpc) is 2.59. The van der Waals surface area contributed by atoms with Crippen molar-refractivity contribution in [1.29, 1.82) is 0 Å². The molecule has 3 aliphatic rings. The maximum atomic E-state index is 13.5. The maximum Gasteiger partial charge on any atom is 0.293 e. The number of ether oxygens (including phenoxy) is 2. The standard InChI is InChI=1S/C21H32O7/c1-7-18(4)10-13(24)21(26)19(5)12(23)8-9-17(2,3)15(19)14(25)16(27-11-22)20(21,6)28-18/h7,11-12,14-16,23,25-26H,1,8-10H2,2-6H3/t12-,14?,15-,16?,18-,19?,20+,21-/m0/s1. The molecule has 0 aromatic rings. The van der Waals surface area contributed by atoms with Crippen molar-refractivity contribution in [3.63, 3.8) is 0 Å². The van der Waals surface area contributed by atoms with Crippen molar-refractivity contribution in [2.75, 3.05) is 0 Å².